The lowest BCUT2D eigenvalue weighted by molar-refractivity contribution is 0.145. The predicted octanol–water partition coefficient (Wildman–Crippen LogP) is 3.43. The van der Waals surface area contributed by atoms with Gasteiger partial charge < -0.3 is 25.0 Å². The number of aryl methyl sites for hydroxylation is 1. The summed E-state index contributed by atoms with van der Waals surface area (Å²) in [4.78, 5) is 7.19. The molecule has 0 amide bonds. The van der Waals surface area contributed by atoms with Gasteiger partial charge in [0.25, 0.3) is 0 Å². The minimum absolute atomic E-state index is 0. The summed E-state index contributed by atoms with van der Waals surface area (Å²) in [6.07, 6.45) is 3.81. The van der Waals surface area contributed by atoms with Crippen LogP contribution in [0.5, 0.6) is 5.75 Å². The van der Waals surface area contributed by atoms with Gasteiger partial charge in [0, 0.05) is 25.8 Å². The van der Waals surface area contributed by atoms with E-state index in [0.29, 0.717) is 19.8 Å². The second kappa shape index (κ2) is 14.8. The summed E-state index contributed by atoms with van der Waals surface area (Å²) in [6.45, 7) is 10.1. The Balaban J connectivity index is 0.00000420. The summed E-state index contributed by atoms with van der Waals surface area (Å²) in [7, 11) is 3.90. The quantitative estimate of drug-likeness (QED) is 0.215. The van der Waals surface area contributed by atoms with Crippen molar-refractivity contribution >= 4 is 29.9 Å². The molecule has 2 rings (SSSR count). The van der Waals surface area contributed by atoms with Gasteiger partial charge >= 0.3 is 0 Å². The molecule has 1 aromatic carbocycles. The van der Waals surface area contributed by atoms with Crippen LogP contribution in [0.4, 0.5) is 0 Å². The van der Waals surface area contributed by atoms with Gasteiger partial charge in [0.05, 0.1) is 13.2 Å². The van der Waals surface area contributed by atoms with E-state index in [0.717, 1.165) is 36.3 Å². The molecule has 166 valence electrons. The second-order valence-electron chi connectivity index (χ2n) is 7.61. The van der Waals surface area contributed by atoms with Crippen molar-refractivity contribution < 1.29 is 9.47 Å². The molecule has 1 heterocycles. The van der Waals surface area contributed by atoms with Gasteiger partial charge in [-0.1, -0.05) is 12.1 Å². The van der Waals surface area contributed by atoms with Crippen LogP contribution in [0.15, 0.2) is 23.2 Å². The molecule has 0 aliphatic carbocycles. The molecular formula is C22H39IN4O2. The molecule has 2 N–H and O–H groups in total. The van der Waals surface area contributed by atoms with Gasteiger partial charge in [-0.05, 0) is 70.8 Å². The highest BCUT2D eigenvalue weighted by Gasteiger charge is 2.16. The number of methoxy groups -OCH3 is 1. The van der Waals surface area contributed by atoms with Crippen LogP contribution in [0.2, 0.25) is 0 Å². The van der Waals surface area contributed by atoms with Crippen LogP contribution in [0.1, 0.15) is 37.3 Å². The van der Waals surface area contributed by atoms with E-state index >= 15 is 0 Å². The standard InChI is InChI=1S/C22H38N4O2.HI/c1-5-23-22(24-11-8-19-9-12-26(3)13-10-19)25-17-20-7-6-18(2)16-21(20)28-15-14-27-4;/h6-7,16,19H,5,8-15,17H2,1-4H3,(H2,23,24,25);1H. The molecule has 0 saturated carbocycles. The van der Waals surface area contributed by atoms with E-state index < -0.39 is 0 Å². The summed E-state index contributed by atoms with van der Waals surface area (Å²) in [5, 5.41) is 6.85. The van der Waals surface area contributed by atoms with E-state index in [4.69, 9.17) is 14.5 Å². The highest BCUT2D eigenvalue weighted by Crippen LogP contribution is 2.21. The fourth-order valence-electron chi connectivity index (χ4n) is 3.41. The van der Waals surface area contributed by atoms with Crippen LogP contribution in [0, 0.1) is 12.8 Å². The largest absolute Gasteiger partial charge is 0.491 e. The Kier molecular flexibility index (Phi) is 13.3. The second-order valence-corrected chi connectivity index (χ2v) is 7.61. The monoisotopic (exact) mass is 518 g/mol. The van der Waals surface area contributed by atoms with Crippen LogP contribution >= 0.6 is 24.0 Å². The molecule has 1 aromatic rings. The third kappa shape index (κ3) is 10.00. The topological polar surface area (TPSA) is 58.1 Å². The SMILES string of the molecule is CCNC(=NCc1ccc(C)cc1OCCOC)NCCC1CCN(C)CC1.I. The molecule has 0 aromatic heterocycles. The molecule has 1 aliphatic heterocycles. The highest BCUT2D eigenvalue weighted by molar-refractivity contribution is 14.0. The minimum Gasteiger partial charge on any atom is -0.491 e. The number of guanidine groups is 1. The van der Waals surface area contributed by atoms with Gasteiger partial charge in [0.2, 0.25) is 0 Å². The number of likely N-dealkylation sites (tertiary alicyclic amines) is 1. The lowest BCUT2D eigenvalue weighted by atomic mass is 9.94. The first-order chi connectivity index (χ1) is 13.6. The van der Waals surface area contributed by atoms with Gasteiger partial charge in [0.15, 0.2) is 5.96 Å². The van der Waals surface area contributed by atoms with Crippen molar-refractivity contribution in [3.8, 4) is 5.75 Å². The first kappa shape index (κ1) is 26.0. The number of piperidine rings is 1. The lowest BCUT2D eigenvalue weighted by Crippen LogP contribution is -2.39. The highest BCUT2D eigenvalue weighted by atomic mass is 127. The van der Waals surface area contributed by atoms with E-state index in [1.165, 1.54) is 37.9 Å². The number of hydrogen-bond acceptors (Lipinski definition) is 4. The molecule has 1 saturated heterocycles. The number of benzene rings is 1. The van der Waals surface area contributed by atoms with Crippen molar-refractivity contribution in [2.75, 3.05) is 53.6 Å². The van der Waals surface area contributed by atoms with Crippen LogP contribution in [0.25, 0.3) is 0 Å². The number of aliphatic imine (C=N–C) groups is 1. The average Bonchev–Trinajstić information content (AvgIpc) is 2.69. The third-order valence-electron chi connectivity index (χ3n) is 5.20. The molecule has 6 nitrogen and oxygen atoms in total. The van der Waals surface area contributed by atoms with Crippen molar-refractivity contribution in [3.63, 3.8) is 0 Å². The maximum atomic E-state index is 5.88. The molecule has 0 atom stereocenters. The van der Waals surface area contributed by atoms with Crippen LogP contribution in [-0.4, -0.2) is 64.4 Å². The predicted molar refractivity (Wildman–Crippen MR) is 132 cm³/mol. The summed E-state index contributed by atoms with van der Waals surface area (Å²) in [5.74, 6) is 2.59. The van der Waals surface area contributed by atoms with Crippen molar-refractivity contribution in [3.05, 3.63) is 29.3 Å². The Labute approximate surface area is 193 Å². The number of halogens is 1. The first-order valence-corrected chi connectivity index (χ1v) is 10.5. The minimum atomic E-state index is 0. The zero-order valence-electron chi connectivity index (χ0n) is 18.5. The maximum Gasteiger partial charge on any atom is 0.191 e. The molecule has 0 radical (unpaired) electrons. The number of rotatable bonds is 10. The molecule has 1 fully saturated rings. The van der Waals surface area contributed by atoms with Gasteiger partial charge in [-0.15, -0.1) is 24.0 Å². The van der Waals surface area contributed by atoms with Crippen LogP contribution in [0.3, 0.4) is 0 Å². The van der Waals surface area contributed by atoms with Crippen molar-refractivity contribution in [1.29, 1.82) is 0 Å². The van der Waals surface area contributed by atoms with Crippen LogP contribution < -0.4 is 15.4 Å². The van der Waals surface area contributed by atoms with Gasteiger partial charge in [-0.3, -0.25) is 0 Å². The molecular weight excluding hydrogens is 479 g/mol. The zero-order chi connectivity index (χ0) is 20.2. The van der Waals surface area contributed by atoms with Gasteiger partial charge in [0.1, 0.15) is 12.4 Å². The van der Waals surface area contributed by atoms with Gasteiger partial charge in [-0.2, -0.15) is 0 Å². The number of hydrogen-bond donors (Lipinski definition) is 2. The Morgan fingerprint density at radius 2 is 1.97 bits per heavy atom. The van der Waals surface area contributed by atoms with E-state index in [1.54, 1.807) is 7.11 Å². The van der Waals surface area contributed by atoms with Crippen molar-refractivity contribution in [2.24, 2.45) is 10.9 Å². The Morgan fingerprint density at radius 1 is 1.21 bits per heavy atom. The summed E-state index contributed by atoms with van der Waals surface area (Å²) in [6, 6.07) is 6.28. The molecule has 7 heteroatoms. The zero-order valence-corrected chi connectivity index (χ0v) is 20.8. The Bertz CT molecular complexity index is 604. The molecule has 0 unspecified atom stereocenters. The van der Waals surface area contributed by atoms with Crippen molar-refractivity contribution in [1.82, 2.24) is 15.5 Å². The molecule has 0 spiro atoms. The normalized spacial score (nSPS) is 15.7. The Hall–Kier alpha value is -1.06. The average molecular weight is 518 g/mol. The Morgan fingerprint density at radius 3 is 2.66 bits per heavy atom. The van der Waals surface area contributed by atoms with Crippen molar-refractivity contribution in [2.45, 2.75) is 39.7 Å². The van der Waals surface area contributed by atoms with E-state index in [9.17, 15) is 0 Å². The van der Waals surface area contributed by atoms with E-state index in [-0.39, 0.29) is 24.0 Å². The van der Waals surface area contributed by atoms with E-state index in [1.807, 2.05) is 0 Å². The lowest BCUT2D eigenvalue weighted by Gasteiger charge is -2.29. The third-order valence-corrected chi connectivity index (χ3v) is 5.20. The van der Waals surface area contributed by atoms with Crippen LogP contribution in [-0.2, 0) is 11.3 Å². The van der Waals surface area contributed by atoms with E-state index in [2.05, 4.69) is 54.6 Å². The maximum absolute atomic E-state index is 5.88. The van der Waals surface area contributed by atoms with Gasteiger partial charge in [-0.25, -0.2) is 4.99 Å². The number of nitrogens with one attached hydrogen (secondary N) is 2. The molecule has 1 aliphatic rings. The fourth-order valence-corrected chi connectivity index (χ4v) is 3.41. The molecule has 29 heavy (non-hydrogen) atoms. The first-order valence-electron chi connectivity index (χ1n) is 10.5. The number of nitrogens with zero attached hydrogens (tertiary/aromatic N) is 2. The summed E-state index contributed by atoms with van der Waals surface area (Å²) in [5.41, 5.74) is 2.28. The molecule has 0 bridgehead atoms. The fraction of sp³-hybridized carbons (Fsp3) is 0.682. The smallest absolute Gasteiger partial charge is 0.191 e. The number of ether oxygens (including phenoxy) is 2. The summed E-state index contributed by atoms with van der Waals surface area (Å²) < 4.78 is 11.0. The summed E-state index contributed by atoms with van der Waals surface area (Å²) >= 11 is 0.